The molecule has 0 spiro atoms. The van der Waals surface area contributed by atoms with Crippen LogP contribution in [0.5, 0.6) is 0 Å². The average Bonchev–Trinajstić information content (AvgIpc) is 2.71. The molecule has 0 aliphatic carbocycles. The van der Waals surface area contributed by atoms with Crippen LogP contribution in [0.4, 0.5) is 0 Å². The molecule has 1 unspecified atom stereocenters. The highest BCUT2D eigenvalue weighted by Gasteiger charge is 2.35. The zero-order valence-corrected chi connectivity index (χ0v) is 11.1. The molecule has 1 saturated heterocycles. The number of rotatable bonds is 1. The van der Waals surface area contributed by atoms with Gasteiger partial charge in [-0.2, -0.15) is 0 Å². The number of fused-ring (bicyclic) bond motifs is 1. The summed E-state index contributed by atoms with van der Waals surface area (Å²) >= 11 is 0. The van der Waals surface area contributed by atoms with Crippen LogP contribution in [-0.2, 0) is 5.54 Å². The minimum Gasteiger partial charge on any atom is -0.340 e. The first kappa shape index (κ1) is 12.1. The van der Waals surface area contributed by atoms with Gasteiger partial charge in [-0.15, -0.1) is 0 Å². The predicted octanol–water partition coefficient (Wildman–Crippen LogP) is 3.11. The third-order valence-electron chi connectivity index (χ3n) is 3.30. The Bertz CT molecular complexity index is 509. The second-order valence-corrected chi connectivity index (χ2v) is 4.61. The highest BCUT2D eigenvalue weighted by molar-refractivity contribution is 5.76. The van der Waals surface area contributed by atoms with Gasteiger partial charge in [0.25, 0.3) is 0 Å². The van der Waals surface area contributed by atoms with Gasteiger partial charge in [-0.3, -0.25) is 0 Å². The average molecular weight is 231 g/mol. The summed E-state index contributed by atoms with van der Waals surface area (Å²) in [6, 6.07) is 6.32. The summed E-state index contributed by atoms with van der Waals surface area (Å²) in [5, 5.41) is 3.42. The van der Waals surface area contributed by atoms with E-state index >= 15 is 0 Å². The van der Waals surface area contributed by atoms with Crippen molar-refractivity contribution in [3.8, 4) is 0 Å². The maximum atomic E-state index is 4.63. The molecule has 1 aromatic heterocycles. The van der Waals surface area contributed by atoms with Gasteiger partial charge >= 0.3 is 0 Å². The summed E-state index contributed by atoms with van der Waals surface area (Å²) in [7, 11) is 0. The Morgan fingerprint density at radius 2 is 2.00 bits per heavy atom. The predicted molar refractivity (Wildman–Crippen MR) is 72.2 cm³/mol. The zero-order valence-electron chi connectivity index (χ0n) is 11.1. The van der Waals surface area contributed by atoms with Crippen molar-refractivity contribution in [1.82, 2.24) is 15.3 Å². The molecule has 1 aliphatic heterocycles. The fourth-order valence-corrected chi connectivity index (χ4v) is 2.09. The van der Waals surface area contributed by atoms with Crippen LogP contribution in [-0.4, -0.2) is 16.5 Å². The third-order valence-corrected chi connectivity index (χ3v) is 3.30. The second-order valence-electron chi connectivity index (χ2n) is 4.61. The number of benzene rings is 1. The van der Waals surface area contributed by atoms with E-state index in [9.17, 15) is 0 Å². The number of H-pyrrole nitrogens is 1. The molecule has 17 heavy (non-hydrogen) atoms. The molecule has 92 valence electrons. The van der Waals surface area contributed by atoms with Gasteiger partial charge in [-0.25, -0.2) is 4.98 Å². The minimum absolute atomic E-state index is 0.0624. The number of aryl methyl sites for hydroxylation is 1. The Morgan fingerprint density at radius 3 is 2.59 bits per heavy atom. The van der Waals surface area contributed by atoms with Crippen molar-refractivity contribution in [2.75, 3.05) is 6.54 Å². The fraction of sp³-hybridized carbons (Fsp3) is 0.500. The molecule has 1 aromatic carbocycles. The van der Waals surface area contributed by atoms with Crippen LogP contribution in [0.1, 0.15) is 38.6 Å². The highest BCUT2D eigenvalue weighted by Crippen LogP contribution is 2.29. The number of nitrogens with one attached hydrogen (secondary N) is 2. The molecule has 1 fully saturated rings. The molecule has 0 bridgehead atoms. The van der Waals surface area contributed by atoms with Gasteiger partial charge in [0.2, 0.25) is 0 Å². The van der Waals surface area contributed by atoms with Crippen molar-refractivity contribution in [3.63, 3.8) is 0 Å². The van der Waals surface area contributed by atoms with Crippen LogP contribution in [0, 0.1) is 6.92 Å². The number of aromatic amines is 1. The maximum Gasteiger partial charge on any atom is 0.127 e. The number of hydrogen-bond acceptors (Lipinski definition) is 2. The SMILES string of the molecule is CC.Cc1ccc2nc(C3(C)CCN3)[nH]c2c1. The Labute approximate surface area is 103 Å². The van der Waals surface area contributed by atoms with E-state index in [0.29, 0.717) is 0 Å². The van der Waals surface area contributed by atoms with E-state index in [0.717, 1.165) is 29.8 Å². The topological polar surface area (TPSA) is 40.7 Å². The molecule has 2 heterocycles. The molecular weight excluding hydrogens is 210 g/mol. The van der Waals surface area contributed by atoms with Gasteiger partial charge in [0.1, 0.15) is 5.82 Å². The quantitative estimate of drug-likeness (QED) is 0.791. The van der Waals surface area contributed by atoms with Crippen molar-refractivity contribution >= 4 is 11.0 Å². The first-order valence-electron chi connectivity index (χ1n) is 6.39. The van der Waals surface area contributed by atoms with E-state index in [-0.39, 0.29) is 5.54 Å². The van der Waals surface area contributed by atoms with Crippen molar-refractivity contribution in [2.45, 2.75) is 39.7 Å². The molecular formula is C14H21N3. The lowest BCUT2D eigenvalue weighted by Gasteiger charge is -2.38. The Kier molecular flexibility index (Phi) is 3.20. The summed E-state index contributed by atoms with van der Waals surface area (Å²) in [6.07, 6.45) is 1.16. The van der Waals surface area contributed by atoms with E-state index in [2.05, 4.69) is 47.3 Å². The monoisotopic (exact) mass is 231 g/mol. The highest BCUT2D eigenvalue weighted by atomic mass is 15.1. The van der Waals surface area contributed by atoms with E-state index in [1.807, 2.05) is 13.8 Å². The van der Waals surface area contributed by atoms with Crippen LogP contribution >= 0.6 is 0 Å². The van der Waals surface area contributed by atoms with Crippen molar-refractivity contribution in [2.24, 2.45) is 0 Å². The molecule has 1 aliphatic rings. The number of imidazole rings is 1. The summed E-state index contributed by atoms with van der Waals surface area (Å²) in [5.41, 5.74) is 3.53. The standard InChI is InChI=1S/C12H15N3.C2H6/c1-8-3-4-9-10(7-8)15-11(14-9)12(2)5-6-13-12;1-2/h3-4,7,13H,5-6H2,1-2H3,(H,14,15);1-2H3. The summed E-state index contributed by atoms with van der Waals surface area (Å²) in [5.74, 6) is 1.06. The van der Waals surface area contributed by atoms with E-state index in [1.165, 1.54) is 5.56 Å². The number of hydrogen-bond donors (Lipinski definition) is 2. The van der Waals surface area contributed by atoms with Gasteiger partial charge in [-0.05, 0) is 44.5 Å². The molecule has 3 rings (SSSR count). The summed E-state index contributed by atoms with van der Waals surface area (Å²) in [4.78, 5) is 8.03. The third kappa shape index (κ3) is 2.07. The number of nitrogens with zero attached hydrogens (tertiary/aromatic N) is 1. The second kappa shape index (κ2) is 4.49. The molecule has 3 nitrogen and oxygen atoms in total. The Morgan fingerprint density at radius 1 is 1.29 bits per heavy atom. The Hall–Kier alpha value is -1.35. The first-order valence-corrected chi connectivity index (χ1v) is 6.39. The van der Waals surface area contributed by atoms with Crippen LogP contribution in [0.2, 0.25) is 0 Å². The van der Waals surface area contributed by atoms with E-state index in [4.69, 9.17) is 0 Å². The Balaban J connectivity index is 0.000000514. The normalized spacial score (nSPS) is 22.8. The molecule has 0 amide bonds. The summed E-state index contributed by atoms with van der Waals surface area (Å²) < 4.78 is 0. The molecule has 0 saturated carbocycles. The fourth-order valence-electron chi connectivity index (χ4n) is 2.09. The lowest BCUT2D eigenvalue weighted by molar-refractivity contribution is 0.224. The van der Waals surface area contributed by atoms with Crippen molar-refractivity contribution in [3.05, 3.63) is 29.6 Å². The molecule has 3 heteroatoms. The first-order chi connectivity index (χ1) is 8.17. The number of aromatic nitrogens is 2. The van der Waals surface area contributed by atoms with Gasteiger partial charge in [0.05, 0.1) is 16.6 Å². The minimum atomic E-state index is 0.0624. The van der Waals surface area contributed by atoms with Crippen molar-refractivity contribution < 1.29 is 0 Å². The van der Waals surface area contributed by atoms with Gasteiger partial charge in [0, 0.05) is 0 Å². The van der Waals surface area contributed by atoms with E-state index < -0.39 is 0 Å². The van der Waals surface area contributed by atoms with Crippen LogP contribution in [0.3, 0.4) is 0 Å². The molecule has 1 atom stereocenters. The van der Waals surface area contributed by atoms with Crippen LogP contribution < -0.4 is 5.32 Å². The smallest absolute Gasteiger partial charge is 0.127 e. The zero-order chi connectivity index (χ0) is 12.5. The van der Waals surface area contributed by atoms with E-state index in [1.54, 1.807) is 0 Å². The van der Waals surface area contributed by atoms with Gasteiger partial charge in [0.15, 0.2) is 0 Å². The summed E-state index contributed by atoms with van der Waals surface area (Å²) in [6.45, 7) is 9.39. The molecule has 2 N–H and O–H groups in total. The van der Waals surface area contributed by atoms with Gasteiger partial charge in [-0.1, -0.05) is 19.9 Å². The lowest BCUT2D eigenvalue weighted by atomic mass is 9.90. The van der Waals surface area contributed by atoms with Crippen LogP contribution in [0.25, 0.3) is 11.0 Å². The van der Waals surface area contributed by atoms with Crippen LogP contribution in [0.15, 0.2) is 18.2 Å². The maximum absolute atomic E-state index is 4.63. The molecule has 2 aromatic rings. The molecule has 0 radical (unpaired) electrons. The van der Waals surface area contributed by atoms with Crippen molar-refractivity contribution in [1.29, 1.82) is 0 Å². The van der Waals surface area contributed by atoms with Gasteiger partial charge < -0.3 is 10.3 Å². The lowest BCUT2D eigenvalue weighted by Crippen LogP contribution is -2.52. The largest absolute Gasteiger partial charge is 0.340 e.